The molecule has 1 aliphatic heterocycles. The molecule has 1 heterocycles. The van der Waals surface area contributed by atoms with Crippen LogP contribution >= 0.6 is 0 Å². The predicted molar refractivity (Wildman–Crippen MR) is 60.6 cm³/mol. The summed E-state index contributed by atoms with van der Waals surface area (Å²) in [6.45, 7) is 0.960. The minimum absolute atomic E-state index is 0.0736. The van der Waals surface area contributed by atoms with Crippen LogP contribution in [-0.4, -0.2) is 37.2 Å². The summed E-state index contributed by atoms with van der Waals surface area (Å²) < 4.78 is 27.5. The number of fused-ring (bicyclic) bond motifs is 1. The predicted octanol–water partition coefficient (Wildman–Crippen LogP) is 1.21. The zero-order valence-corrected chi connectivity index (χ0v) is 10.1. The molecule has 0 saturated heterocycles. The van der Waals surface area contributed by atoms with Gasteiger partial charge in [-0.15, -0.1) is 0 Å². The lowest BCUT2D eigenvalue weighted by molar-refractivity contribution is 0.0270. The van der Waals surface area contributed by atoms with Gasteiger partial charge in [-0.1, -0.05) is 0 Å². The molecular weight excluding hydrogens is 228 g/mol. The van der Waals surface area contributed by atoms with Crippen molar-refractivity contribution >= 4 is 11.2 Å². The summed E-state index contributed by atoms with van der Waals surface area (Å²) in [5, 5.41) is 0. The van der Waals surface area contributed by atoms with Crippen molar-refractivity contribution in [1.29, 1.82) is 0 Å². The maximum Gasteiger partial charge on any atom is 0.166 e. The van der Waals surface area contributed by atoms with Gasteiger partial charge < -0.3 is 18.8 Å². The Hall–Kier alpha value is -0.910. The molecule has 0 saturated carbocycles. The minimum atomic E-state index is -0.999. The van der Waals surface area contributed by atoms with Gasteiger partial charge in [0.05, 0.1) is 6.61 Å². The van der Waals surface area contributed by atoms with Gasteiger partial charge >= 0.3 is 0 Å². The van der Waals surface area contributed by atoms with E-state index in [-0.39, 0.29) is 6.10 Å². The highest BCUT2D eigenvalue weighted by molar-refractivity contribution is 7.90. The standard InChI is InChI=1S/C11H14O4S/c1-13-6-8-7-14-11-5-9(16(2)12)3-4-10(11)15-8/h3-5,8H,6-7H2,1-2H3. The van der Waals surface area contributed by atoms with Gasteiger partial charge in [-0.2, -0.15) is 0 Å². The first-order valence-corrected chi connectivity index (χ1v) is 6.52. The second kappa shape index (κ2) is 4.95. The lowest BCUT2D eigenvalue weighted by atomic mass is 10.2. The highest BCUT2D eigenvalue weighted by atomic mass is 32.2. The highest BCUT2D eigenvalue weighted by Gasteiger charge is 2.22. The fraction of sp³-hybridized carbons (Fsp3) is 0.455. The van der Waals surface area contributed by atoms with Gasteiger partial charge in [-0.3, -0.25) is 0 Å². The van der Waals surface area contributed by atoms with Crippen molar-refractivity contribution in [2.45, 2.75) is 11.0 Å². The number of ether oxygens (including phenoxy) is 3. The molecule has 0 fully saturated rings. The van der Waals surface area contributed by atoms with Crippen molar-refractivity contribution in [3.8, 4) is 11.5 Å². The lowest BCUT2D eigenvalue weighted by Crippen LogP contribution is -2.33. The Morgan fingerprint density at radius 3 is 3.00 bits per heavy atom. The molecule has 0 amide bonds. The van der Waals surface area contributed by atoms with E-state index in [4.69, 9.17) is 14.2 Å². The first kappa shape index (κ1) is 11.6. The van der Waals surface area contributed by atoms with Crippen molar-refractivity contribution < 1.29 is 18.8 Å². The number of benzene rings is 1. The van der Waals surface area contributed by atoms with Gasteiger partial charge in [0.2, 0.25) is 0 Å². The van der Waals surface area contributed by atoms with E-state index >= 15 is 0 Å². The van der Waals surface area contributed by atoms with Crippen molar-refractivity contribution in [1.82, 2.24) is 0 Å². The Bertz CT molecular complexity index is 367. The normalized spacial score (nSPS) is 20.6. The van der Waals surface area contributed by atoms with E-state index in [1.54, 1.807) is 31.6 Å². The molecule has 1 aliphatic rings. The van der Waals surface area contributed by atoms with Gasteiger partial charge in [0.1, 0.15) is 12.9 Å². The SMILES string of the molecule is COCC1COc2cc([S+](C)[O-])ccc2O1. The van der Waals surface area contributed by atoms with Crippen molar-refractivity contribution in [2.75, 3.05) is 26.6 Å². The third-order valence-electron chi connectivity index (χ3n) is 2.32. The van der Waals surface area contributed by atoms with E-state index in [1.165, 1.54) is 0 Å². The highest BCUT2D eigenvalue weighted by Crippen LogP contribution is 2.33. The zero-order chi connectivity index (χ0) is 11.5. The molecule has 4 nitrogen and oxygen atoms in total. The summed E-state index contributed by atoms with van der Waals surface area (Å²) in [6, 6.07) is 5.33. The molecule has 1 aromatic rings. The van der Waals surface area contributed by atoms with Gasteiger partial charge in [-0.25, -0.2) is 0 Å². The molecule has 2 rings (SSSR count). The zero-order valence-electron chi connectivity index (χ0n) is 9.26. The summed E-state index contributed by atoms with van der Waals surface area (Å²) in [4.78, 5) is 0.743. The summed E-state index contributed by atoms with van der Waals surface area (Å²) in [7, 11) is 1.63. The molecule has 0 radical (unpaired) electrons. The Morgan fingerprint density at radius 2 is 2.31 bits per heavy atom. The maximum atomic E-state index is 11.3. The van der Waals surface area contributed by atoms with Crippen LogP contribution < -0.4 is 9.47 Å². The fourth-order valence-electron chi connectivity index (χ4n) is 1.54. The second-order valence-electron chi connectivity index (χ2n) is 3.57. The molecule has 1 aromatic carbocycles. The molecule has 2 atom stereocenters. The molecule has 2 unspecified atom stereocenters. The summed E-state index contributed by atoms with van der Waals surface area (Å²) in [6.07, 6.45) is 1.56. The van der Waals surface area contributed by atoms with Crippen molar-refractivity contribution in [3.63, 3.8) is 0 Å². The average Bonchev–Trinajstić information content (AvgIpc) is 2.28. The van der Waals surface area contributed by atoms with E-state index in [0.29, 0.717) is 24.7 Å². The molecule has 0 spiro atoms. The van der Waals surface area contributed by atoms with Gasteiger partial charge in [-0.05, 0) is 23.3 Å². The van der Waals surface area contributed by atoms with Crippen LogP contribution in [0.1, 0.15) is 0 Å². The first-order valence-electron chi connectivity index (χ1n) is 4.96. The van der Waals surface area contributed by atoms with Crippen LogP contribution in [0.15, 0.2) is 23.1 Å². The molecule has 0 aliphatic carbocycles. The molecule has 16 heavy (non-hydrogen) atoms. The smallest absolute Gasteiger partial charge is 0.166 e. The van der Waals surface area contributed by atoms with E-state index in [9.17, 15) is 4.55 Å². The third-order valence-corrected chi connectivity index (χ3v) is 3.24. The van der Waals surface area contributed by atoms with Gasteiger partial charge in [0, 0.05) is 13.2 Å². The summed E-state index contributed by atoms with van der Waals surface area (Å²) in [5.41, 5.74) is 0. The van der Waals surface area contributed by atoms with Crippen molar-refractivity contribution in [3.05, 3.63) is 18.2 Å². The number of hydrogen-bond acceptors (Lipinski definition) is 4. The van der Waals surface area contributed by atoms with E-state index < -0.39 is 11.2 Å². The quantitative estimate of drug-likeness (QED) is 0.748. The minimum Gasteiger partial charge on any atom is -0.612 e. The summed E-state index contributed by atoms with van der Waals surface area (Å²) >= 11 is -0.999. The van der Waals surface area contributed by atoms with Gasteiger partial charge in [0.15, 0.2) is 22.5 Å². The van der Waals surface area contributed by atoms with E-state index in [1.807, 2.05) is 0 Å². The van der Waals surface area contributed by atoms with Crippen LogP contribution in [0.3, 0.4) is 0 Å². The Balaban J connectivity index is 2.15. The molecule has 0 N–H and O–H groups in total. The van der Waals surface area contributed by atoms with Crippen LogP contribution in [0.25, 0.3) is 0 Å². The lowest BCUT2D eigenvalue weighted by Gasteiger charge is -2.26. The Kier molecular flexibility index (Phi) is 3.58. The average molecular weight is 242 g/mol. The molecule has 0 aromatic heterocycles. The van der Waals surface area contributed by atoms with Crippen LogP contribution in [-0.2, 0) is 15.9 Å². The second-order valence-corrected chi connectivity index (χ2v) is 4.95. The topological polar surface area (TPSA) is 50.8 Å². The Morgan fingerprint density at radius 1 is 1.50 bits per heavy atom. The molecule has 0 bridgehead atoms. The molecular formula is C11H14O4S. The van der Waals surface area contributed by atoms with Crippen LogP contribution in [0, 0.1) is 0 Å². The van der Waals surface area contributed by atoms with Crippen LogP contribution in [0.2, 0.25) is 0 Å². The van der Waals surface area contributed by atoms with Crippen LogP contribution in [0.5, 0.6) is 11.5 Å². The number of methoxy groups -OCH3 is 1. The van der Waals surface area contributed by atoms with E-state index in [0.717, 1.165) is 4.90 Å². The largest absolute Gasteiger partial charge is 0.612 e. The molecule has 88 valence electrons. The Labute approximate surface area is 97.7 Å². The monoisotopic (exact) mass is 242 g/mol. The van der Waals surface area contributed by atoms with Crippen molar-refractivity contribution in [2.24, 2.45) is 0 Å². The maximum absolute atomic E-state index is 11.3. The number of rotatable bonds is 3. The third kappa shape index (κ3) is 2.42. The van der Waals surface area contributed by atoms with Crippen LogP contribution in [0.4, 0.5) is 0 Å². The summed E-state index contributed by atoms with van der Waals surface area (Å²) in [5.74, 6) is 1.34. The fourth-order valence-corrected chi connectivity index (χ4v) is 2.07. The van der Waals surface area contributed by atoms with E-state index in [2.05, 4.69) is 0 Å². The first-order chi connectivity index (χ1) is 7.70. The number of hydrogen-bond donors (Lipinski definition) is 0. The van der Waals surface area contributed by atoms with Gasteiger partial charge in [0.25, 0.3) is 0 Å². The molecule has 5 heteroatoms.